The summed E-state index contributed by atoms with van der Waals surface area (Å²) in [5, 5.41) is 0.517. The van der Waals surface area contributed by atoms with Crippen molar-refractivity contribution in [1.29, 1.82) is 0 Å². The lowest BCUT2D eigenvalue weighted by atomic mass is 10.2. The number of benzene rings is 1. The Bertz CT molecular complexity index is 877. The van der Waals surface area contributed by atoms with Gasteiger partial charge in [0.1, 0.15) is 11.6 Å². The summed E-state index contributed by atoms with van der Waals surface area (Å²) < 4.78 is 32.4. The maximum atomic E-state index is 12.2. The van der Waals surface area contributed by atoms with Crippen LogP contribution in [-0.4, -0.2) is 37.4 Å². The first-order valence-electron chi connectivity index (χ1n) is 6.50. The fourth-order valence-corrected chi connectivity index (χ4v) is 3.77. The van der Waals surface area contributed by atoms with E-state index >= 15 is 0 Å². The highest BCUT2D eigenvalue weighted by Gasteiger charge is 2.25. The van der Waals surface area contributed by atoms with Gasteiger partial charge >= 0.3 is 5.97 Å². The van der Waals surface area contributed by atoms with E-state index in [0.717, 1.165) is 0 Å². The molecular formula is C14H10BrClN2O4S. The minimum absolute atomic E-state index is 0.0914. The number of sulfonamides is 1. The fourth-order valence-electron chi connectivity index (χ4n) is 2.04. The second kappa shape index (κ2) is 6.10. The van der Waals surface area contributed by atoms with E-state index in [9.17, 15) is 13.2 Å². The van der Waals surface area contributed by atoms with Crippen molar-refractivity contribution in [3.63, 3.8) is 0 Å². The molecule has 23 heavy (non-hydrogen) atoms. The highest BCUT2D eigenvalue weighted by molar-refractivity contribution is 9.10. The third-order valence-corrected chi connectivity index (χ3v) is 5.17. The van der Waals surface area contributed by atoms with Crippen LogP contribution in [0.1, 0.15) is 0 Å². The lowest BCUT2D eigenvalue weighted by molar-refractivity contribution is -0.129. The zero-order valence-electron chi connectivity index (χ0n) is 11.6. The average Bonchev–Trinajstić information content (AvgIpc) is 2.48. The van der Waals surface area contributed by atoms with E-state index in [1.807, 2.05) is 0 Å². The first-order valence-corrected chi connectivity index (χ1v) is 9.28. The second-order valence-electron chi connectivity index (χ2n) is 4.81. The predicted octanol–water partition coefficient (Wildman–Crippen LogP) is 2.51. The molecule has 0 saturated heterocycles. The van der Waals surface area contributed by atoms with Crippen LogP contribution in [0.25, 0.3) is 0 Å². The van der Waals surface area contributed by atoms with Gasteiger partial charge in [-0.1, -0.05) is 11.6 Å². The topological polar surface area (TPSA) is 76.0 Å². The van der Waals surface area contributed by atoms with Crippen LogP contribution in [0.2, 0.25) is 5.02 Å². The number of rotatable bonds is 2. The lowest BCUT2D eigenvalue weighted by Gasteiger charge is -2.26. The molecule has 1 aromatic carbocycles. The number of hydrogen-bond acceptors (Lipinski definition) is 5. The van der Waals surface area contributed by atoms with Crippen molar-refractivity contribution >= 4 is 49.4 Å². The number of carbonyl (C=O) groups is 1. The molecule has 9 heteroatoms. The predicted molar refractivity (Wildman–Crippen MR) is 89.9 cm³/mol. The van der Waals surface area contributed by atoms with E-state index in [-0.39, 0.29) is 12.3 Å². The van der Waals surface area contributed by atoms with Crippen molar-refractivity contribution in [2.45, 2.75) is 0 Å². The number of carbonyl (C=O) groups excluding carboxylic acids is 1. The summed E-state index contributed by atoms with van der Waals surface area (Å²) in [4.78, 5) is 13.8. The van der Waals surface area contributed by atoms with Crippen molar-refractivity contribution in [2.75, 3.05) is 12.3 Å². The summed E-state index contributed by atoms with van der Waals surface area (Å²) in [6.07, 6.45) is 4.48. The van der Waals surface area contributed by atoms with Gasteiger partial charge in [0.25, 0.3) is 10.0 Å². The van der Waals surface area contributed by atoms with Crippen LogP contribution in [0, 0.1) is 0 Å². The number of halogens is 2. The molecule has 0 radical (unpaired) electrons. The van der Waals surface area contributed by atoms with Crippen LogP contribution in [0.4, 0.5) is 0 Å². The van der Waals surface area contributed by atoms with Gasteiger partial charge < -0.3 is 9.64 Å². The van der Waals surface area contributed by atoms with E-state index in [2.05, 4.69) is 20.3 Å². The summed E-state index contributed by atoms with van der Waals surface area (Å²) in [5.41, 5.74) is 0.296. The molecule has 0 aliphatic carbocycles. The largest absolute Gasteiger partial charge is 0.422 e. The number of hydrogen-bond donors (Lipinski definition) is 0. The maximum Gasteiger partial charge on any atom is 0.345 e. The number of amidine groups is 1. The summed E-state index contributed by atoms with van der Waals surface area (Å²) in [7, 11) is -3.42. The van der Waals surface area contributed by atoms with Crippen LogP contribution in [-0.2, 0) is 14.8 Å². The Kier molecular flexibility index (Phi) is 4.31. The highest BCUT2D eigenvalue weighted by Crippen LogP contribution is 2.29. The number of fused-ring (bicyclic) bond motifs is 1. The first kappa shape index (κ1) is 16.2. The van der Waals surface area contributed by atoms with Crippen LogP contribution in [0.3, 0.4) is 0 Å². The normalized spacial score (nSPS) is 18.8. The molecule has 6 nitrogen and oxygen atoms in total. The van der Waals surface area contributed by atoms with E-state index in [0.29, 0.717) is 26.7 Å². The van der Waals surface area contributed by atoms with Gasteiger partial charge in [-0.15, -0.1) is 4.40 Å². The number of nitrogens with zero attached hydrogens (tertiary/aromatic N) is 2. The van der Waals surface area contributed by atoms with Gasteiger partial charge in [-0.3, -0.25) is 0 Å². The van der Waals surface area contributed by atoms with Gasteiger partial charge in [0.15, 0.2) is 0 Å². The Morgan fingerprint density at radius 1 is 1.35 bits per heavy atom. The molecule has 0 aromatic heterocycles. The van der Waals surface area contributed by atoms with E-state index in [1.54, 1.807) is 23.1 Å². The molecule has 0 amide bonds. The van der Waals surface area contributed by atoms with Crippen molar-refractivity contribution in [3.8, 4) is 5.75 Å². The standard InChI is InChI=1S/C14H10BrClN2O4S/c15-11-7-10(16)2-3-12(11)22-14(19)9-1-4-13-17-23(20,21)6-5-18(13)8-9/h1-4,7-8H,5-6H2. The fraction of sp³-hybridized carbons (Fsp3) is 0.143. The minimum Gasteiger partial charge on any atom is -0.422 e. The van der Waals surface area contributed by atoms with Crippen LogP contribution >= 0.6 is 27.5 Å². The van der Waals surface area contributed by atoms with Crippen molar-refractivity contribution < 1.29 is 17.9 Å². The average molecular weight is 418 g/mol. The summed E-state index contributed by atoms with van der Waals surface area (Å²) in [6.45, 7) is 0.243. The quantitative estimate of drug-likeness (QED) is 0.546. The molecule has 2 heterocycles. The van der Waals surface area contributed by atoms with Gasteiger partial charge in [0.05, 0.1) is 15.8 Å². The number of ether oxygens (including phenoxy) is 1. The third kappa shape index (κ3) is 3.65. The minimum atomic E-state index is -3.42. The van der Waals surface area contributed by atoms with Crippen LogP contribution < -0.4 is 4.74 Å². The lowest BCUT2D eigenvalue weighted by Crippen LogP contribution is -2.37. The molecule has 0 saturated carbocycles. The van der Waals surface area contributed by atoms with Gasteiger partial charge in [0.2, 0.25) is 0 Å². The zero-order chi connectivity index (χ0) is 16.6. The SMILES string of the molecule is O=C(Oc1ccc(Cl)cc1Br)C1=CN2CCS(=O)(=O)N=C2C=C1. The summed E-state index contributed by atoms with van der Waals surface area (Å²) >= 11 is 9.11. The van der Waals surface area contributed by atoms with Crippen molar-refractivity contribution in [2.24, 2.45) is 4.40 Å². The Morgan fingerprint density at radius 3 is 2.87 bits per heavy atom. The van der Waals surface area contributed by atoms with Crippen molar-refractivity contribution in [1.82, 2.24) is 4.90 Å². The molecule has 1 aromatic rings. The smallest absolute Gasteiger partial charge is 0.345 e. The Hall–Kier alpha value is -1.64. The monoisotopic (exact) mass is 416 g/mol. The van der Waals surface area contributed by atoms with Gasteiger partial charge in [0, 0.05) is 17.8 Å². The highest BCUT2D eigenvalue weighted by atomic mass is 79.9. The zero-order valence-corrected chi connectivity index (χ0v) is 14.7. The van der Waals surface area contributed by atoms with Gasteiger partial charge in [-0.2, -0.15) is 0 Å². The molecule has 2 aliphatic rings. The Balaban J connectivity index is 1.80. The molecule has 120 valence electrons. The second-order valence-corrected chi connectivity index (χ2v) is 7.86. The Labute approximate surface area is 146 Å². The molecule has 0 spiro atoms. The van der Waals surface area contributed by atoms with Gasteiger partial charge in [-0.05, 0) is 46.3 Å². The van der Waals surface area contributed by atoms with Crippen LogP contribution in [0.5, 0.6) is 5.75 Å². The first-order chi connectivity index (χ1) is 10.8. The third-order valence-electron chi connectivity index (χ3n) is 3.16. The summed E-state index contributed by atoms with van der Waals surface area (Å²) in [5.74, 6) is -0.0158. The molecule has 3 rings (SSSR count). The van der Waals surface area contributed by atoms with E-state index in [4.69, 9.17) is 16.3 Å². The van der Waals surface area contributed by atoms with Crippen molar-refractivity contribution in [3.05, 3.63) is 51.6 Å². The Morgan fingerprint density at radius 2 is 2.13 bits per heavy atom. The molecule has 2 aliphatic heterocycles. The van der Waals surface area contributed by atoms with Crippen LogP contribution in [0.15, 0.2) is 51.0 Å². The van der Waals surface area contributed by atoms with Gasteiger partial charge in [-0.25, -0.2) is 13.2 Å². The maximum absolute atomic E-state index is 12.2. The number of esters is 1. The molecule has 0 bridgehead atoms. The molecule has 0 N–H and O–H groups in total. The van der Waals surface area contributed by atoms with E-state index in [1.165, 1.54) is 18.4 Å². The molecule has 0 unspecified atom stereocenters. The molecular weight excluding hydrogens is 408 g/mol. The summed E-state index contributed by atoms with van der Waals surface area (Å²) in [6, 6.07) is 4.81. The molecule has 0 fully saturated rings. The molecule has 0 atom stereocenters. The van der Waals surface area contributed by atoms with E-state index < -0.39 is 16.0 Å².